The quantitative estimate of drug-likeness (QED) is 0.491. The highest BCUT2D eigenvalue weighted by Gasteiger charge is 2.21. The van der Waals surface area contributed by atoms with E-state index in [1.165, 1.54) is 6.20 Å². The molecule has 1 unspecified atom stereocenters. The Morgan fingerprint density at radius 2 is 2.20 bits per heavy atom. The minimum Gasteiger partial charge on any atom is -0.394 e. The molecule has 20 heavy (non-hydrogen) atoms. The number of aromatic nitrogens is 2. The number of hydrogen-bond acceptors (Lipinski definition) is 7. The van der Waals surface area contributed by atoms with Gasteiger partial charge in [-0.15, -0.1) is 0 Å². The molecular formula is C12H21N5O3. The number of nitro groups is 1. The van der Waals surface area contributed by atoms with Crippen LogP contribution in [-0.2, 0) is 0 Å². The highest BCUT2D eigenvalue weighted by molar-refractivity contribution is 5.57. The van der Waals surface area contributed by atoms with Gasteiger partial charge in [-0.25, -0.2) is 4.98 Å². The van der Waals surface area contributed by atoms with Crippen LogP contribution in [0.25, 0.3) is 0 Å². The van der Waals surface area contributed by atoms with Gasteiger partial charge in [0, 0.05) is 6.54 Å². The molecule has 0 saturated heterocycles. The second-order valence-electron chi connectivity index (χ2n) is 4.79. The molecule has 0 radical (unpaired) electrons. The predicted molar refractivity (Wildman–Crippen MR) is 76.8 cm³/mol. The molecule has 0 bridgehead atoms. The van der Waals surface area contributed by atoms with E-state index < -0.39 is 4.92 Å². The average Bonchev–Trinajstić information content (AvgIpc) is 2.41. The summed E-state index contributed by atoms with van der Waals surface area (Å²) in [6.45, 7) is 6.38. The summed E-state index contributed by atoms with van der Waals surface area (Å²) in [6, 6.07) is -0.303. The summed E-state index contributed by atoms with van der Waals surface area (Å²) >= 11 is 0. The van der Waals surface area contributed by atoms with Crippen LogP contribution in [0.1, 0.15) is 27.2 Å². The highest BCUT2D eigenvalue weighted by atomic mass is 16.6. The molecule has 112 valence electrons. The molecule has 0 aliphatic heterocycles. The van der Waals surface area contributed by atoms with Gasteiger partial charge in [0.05, 0.1) is 17.6 Å². The molecule has 3 N–H and O–H groups in total. The maximum Gasteiger partial charge on any atom is 0.329 e. The average molecular weight is 283 g/mol. The molecule has 0 amide bonds. The molecule has 1 heterocycles. The Labute approximate surface area is 117 Å². The van der Waals surface area contributed by atoms with Crippen LogP contribution in [0.3, 0.4) is 0 Å². The second kappa shape index (κ2) is 7.59. The fourth-order valence-corrected chi connectivity index (χ4v) is 1.54. The Kier molecular flexibility index (Phi) is 6.10. The van der Waals surface area contributed by atoms with E-state index in [4.69, 9.17) is 0 Å². The minimum absolute atomic E-state index is 0.113. The first-order chi connectivity index (χ1) is 9.49. The molecule has 1 aromatic heterocycles. The third-order valence-corrected chi connectivity index (χ3v) is 2.82. The fourth-order valence-electron chi connectivity index (χ4n) is 1.54. The van der Waals surface area contributed by atoms with Crippen molar-refractivity contribution in [2.75, 3.05) is 23.8 Å². The molecule has 1 atom stereocenters. The lowest BCUT2D eigenvalue weighted by Gasteiger charge is -2.20. The third-order valence-electron chi connectivity index (χ3n) is 2.82. The van der Waals surface area contributed by atoms with Gasteiger partial charge in [0.1, 0.15) is 6.20 Å². The fraction of sp³-hybridized carbons (Fsp3) is 0.667. The zero-order valence-electron chi connectivity index (χ0n) is 12.0. The molecule has 0 aliphatic carbocycles. The number of hydrogen-bond donors (Lipinski definition) is 3. The monoisotopic (exact) mass is 283 g/mol. The largest absolute Gasteiger partial charge is 0.394 e. The van der Waals surface area contributed by atoms with Gasteiger partial charge in [-0.1, -0.05) is 20.8 Å². The zero-order valence-corrected chi connectivity index (χ0v) is 12.0. The second-order valence-corrected chi connectivity index (χ2v) is 4.79. The van der Waals surface area contributed by atoms with Crippen molar-refractivity contribution in [3.63, 3.8) is 0 Å². The first-order valence-electron chi connectivity index (χ1n) is 6.62. The molecule has 0 aromatic carbocycles. The molecule has 8 heteroatoms. The van der Waals surface area contributed by atoms with Gasteiger partial charge in [-0.05, 0) is 12.3 Å². The van der Waals surface area contributed by atoms with Crippen LogP contribution in [0.15, 0.2) is 6.20 Å². The van der Waals surface area contributed by atoms with Crippen LogP contribution in [0.5, 0.6) is 0 Å². The van der Waals surface area contributed by atoms with Gasteiger partial charge in [-0.2, -0.15) is 4.98 Å². The van der Waals surface area contributed by atoms with E-state index in [9.17, 15) is 15.2 Å². The summed E-state index contributed by atoms with van der Waals surface area (Å²) in [7, 11) is 0. The Bertz CT molecular complexity index is 453. The predicted octanol–water partition coefficient (Wildman–Crippen LogP) is 1.64. The first-order valence-corrected chi connectivity index (χ1v) is 6.62. The van der Waals surface area contributed by atoms with E-state index in [1.54, 1.807) is 0 Å². The number of aliphatic hydroxyl groups is 1. The van der Waals surface area contributed by atoms with Crippen molar-refractivity contribution in [2.45, 2.75) is 33.2 Å². The molecule has 0 spiro atoms. The Balaban J connectivity index is 3.01. The number of anilines is 2. The maximum absolute atomic E-state index is 11.0. The Hall–Kier alpha value is -1.96. The topological polar surface area (TPSA) is 113 Å². The Morgan fingerprint density at radius 1 is 1.50 bits per heavy atom. The van der Waals surface area contributed by atoms with Crippen LogP contribution in [0.2, 0.25) is 0 Å². The maximum atomic E-state index is 11.0. The summed E-state index contributed by atoms with van der Waals surface area (Å²) in [4.78, 5) is 18.5. The molecule has 8 nitrogen and oxygen atoms in total. The van der Waals surface area contributed by atoms with Crippen molar-refractivity contribution in [3.8, 4) is 0 Å². The van der Waals surface area contributed by atoms with Crippen molar-refractivity contribution < 1.29 is 10.0 Å². The van der Waals surface area contributed by atoms with Gasteiger partial charge in [-0.3, -0.25) is 10.1 Å². The SMILES string of the molecule is CCCNc1ncc([N+](=O)[O-])c(NC(CO)C(C)C)n1. The first kappa shape index (κ1) is 16.1. The van der Waals surface area contributed by atoms with Gasteiger partial charge in [0.25, 0.3) is 0 Å². The lowest BCUT2D eigenvalue weighted by atomic mass is 10.1. The summed E-state index contributed by atoms with van der Waals surface area (Å²) in [5.74, 6) is 0.568. The molecular weight excluding hydrogens is 262 g/mol. The minimum atomic E-state index is -0.541. The molecule has 1 aromatic rings. The normalized spacial score (nSPS) is 12.2. The number of rotatable bonds is 8. The van der Waals surface area contributed by atoms with Crippen LogP contribution in [-0.4, -0.2) is 39.2 Å². The number of nitrogens with one attached hydrogen (secondary N) is 2. The van der Waals surface area contributed by atoms with Gasteiger partial charge in [0.2, 0.25) is 11.8 Å². The van der Waals surface area contributed by atoms with E-state index in [2.05, 4.69) is 20.6 Å². The lowest BCUT2D eigenvalue weighted by Crippen LogP contribution is -2.30. The van der Waals surface area contributed by atoms with E-state index in [-0.39, 0.29) is 30.1 Å². The van der Waals surface area contributed by atoms with Gasteiger partial charge < -0.3 is 15.7 Å². The lowest BCUT2D eigenvalue weighted by molar-refractivity contribution is -0.384. The van der Waals surface area contributed by atoms with E-state index >= 15 is 0 Å². The van der Waals surface area contributed by atoms with E-state index in [0.717, 1.165) is 6.42 Å². The van der Waals surface area contributed by atoms with Crippen molar-refractivity contribution in [1.29, 1.82) is 0 Å². The van der Waals surface area contributed by atoms with Crippen LogP contribution in [0.4, 0.5) is 17.5 Å². The van der Waals surface area contributed by atoms with Gasteiger partial charge >= 0.3 is 5.69 Å². The molecule has 0 saturated carbocycles. The molecule has 0 aliphatic rings. The number of nitrogens with zero attached hydrogens (tertiary/aromatic N) is 3. The van der Waals surface area contributed by atoms with E-state index in [1.807, 2.05) is 20.8 Å². The summed E-state index contributed by atoms with van der Waals surface area (Å²) in [6.07, 6.45) is 2.07. The zero-order chi connectivity index (χ0) is 15.1. The molecule has 1 rings (SSSR count). The molecule has 0 fully saturated rings. The standard InChI is InChI=1S/C12H21N5O3/c1-4-5-13-12-14-6-10(17(19)20)11(16-12)15-9(7-18)8(2)3/h6,8-9,18H,4-5,7H2,1-3H3,(H2,13,14,15,16). The summed E-state index contributed by atoms with van der Waals surface area (Å²) in [5, 5.41) is 26.2. The highest BCUT2D eigenvalue weighted by Crippen LogP contribution is 2.23. The summed E-state index contributed by atoms with van der Waals surface area (Å²) < 4.78 is 0. The van der Waals surface area contributed by atoms with Crippen LogP contribution >= 0.6 is 0 Å². The summed E-state index contributed by atoms with van der Waals surface area (Å²) in [5.41, 5.74) is -0.203. The van der Waals surface area contributed by atoms with Gasteiger partial charge in [0.15, 0.2) is 0 Å². The van der Waals surface area contributed by atoms with Crippen LogP contribution < -0.4 is 10.6 Å². The van der Waals surface area contributed by atoms with Crippen molar-refractivity contribution >= 4 is 17.5 Å². The smallest absolute Gasteiger partial charge is 0.329 e. The van der Waals surface area contributed by atoms with Crippen molar-refractivity contribution in [3.05, 3.63) is 16.3 Å². The third kappa shape index (κ3) is 4.30. The van der Waals surface area contributed by atoms with E-state index in [0.29, 0.717) is 12.5 Å². The van der Waals surface area contributed by atoms with Crippen LogP contribution in [0, 0.1) is 16.0 Å². The Morgan fingerprint density at radius 3 is 2.70 bits per heavy atom. The van der Waals surface area contributed by atoms with Crippen molar-refractivity contribution in [2.24, 2.45) is 5.92 Å². The van der Waals surface area contributed by atoms with Crippen molar-refractivity contribution in [1.82, 2.24) is 9.97 Å². The number of aliphatic hydroxyl groups excluding tert-OH is 1.